The Morgan fingerprint density at radius 3 is 2.68 bits per heavy atom. The normalized spacial score (nSPS) is 24.1. The fourth-order valence-electron chi connectivity index (χ4n) is 3.42. The van der Waals surface area contributed by atoms with E-state index >= 15 is 0 Å². The van der Waals surface area contributed by atoms with E-state index in [1.54, 1.807) is 0 Å². The van der Waals surface area contributed by atoms with Gasteiger partial charge in [0.2, 0.25) is 5.91 Å². The van der Waals surface area contributed by atoms with Crippen molar-refractivity contribution >= 4 is 5.91 Å². The molecule has 2 heterocycles. The zero-order valence-corrected chi connectivity index (χ0v) is 12.7. The highest BCUT2D eigenvalue weighted by molar-refractivity contribution is 5.82. The number of hydrogen-bond donors (Lipinski definition) is 2. The fraction of sp³-hybridized carbons (Fsp3) is 0.588. The third-order valence-corrected chi connectivity index (χ3v) is 4.88. The first kappa shape index (κ1) is 15.4. The molecule has 0 saturated carbocycles. The summed E-state index contributed by atoms with van der Waals surface area (Å²) in [5.74, 6) is -0.157. The second kappa shape index (κ2) is 6.75. The molecule has 1 aromatic rings. The van der Waals surface area contributed by atoms with Gasteiger partial charge in [0.25, 0.3) is 0 Å². The molecule has 0 aromatic heterocycles. The van der Waals surface area contributed by atoms with Crippen LogP contribution in [0.15, 0.2) is 24.3 Å². The Hall–Kier alpha value is -1.46. The van der Waals surface area contributed by atoms with Crippen LogP contribution in [0.1, 0.15) is 31.2 Å². The van der Waals surface area contributed by atoms with Gasteiger partial charge in [0, 0.05) is 25.2 Å². The van der Waals surface area contributed by atoms with Crippen LogP contribution in [-0.2, 0) is 14.9 Å². The van der Waals surface area contributed by atoms with Gasteiger partial charge < -0.3 is 15.4 Å². The third kappa shape index (κ3) is 3.31. The Balaban J connectivity index is 1.71. The highest BCUT2D eigenvalue weighted by atomic mass is 19.1. The Morgan fingerprint density at radius 2 is 2.05 bits per heavy atom. The number of carbonyl (C=O) groups excluding carboxylic acids is 1. The number of halogens is 1. The SMILES string of the molecule is O=C(NCC1(c2ccc(F)cc2)CCOCC1)C1CCCN1. The molecule has 2 fully saturated rings. The second-order valence-corrected chi connectivity index (χ2v) is 6.27. The van der Waals surface area contributed by atoms with Crippen LogP contribution in [0, 0.1) is 5.82 Å². The van der Waals surface area contributed by atoms with Crippen LogP contribution in [0.2, 0.25) is 0 Å². The molecule has 0 aliphatic carbocycles. The highest BCUT2D eigenvalue weighted by Gasteiger charge is 2.35. The molecule has 0 bridgehead atoms. The minimum Gasteiger partial charge on any atom is -0.381 e. The second-order valence-electron chi connectivity index (χ2n) is 6.27. The van der Waals surface area contributed by atoms with Gasteiger partial charge in [0.15, 0.2) is 0 Å². The van der Waals surface area contributed by atoms with Gasteiger partial charge in [-0.05, 0) is 49.9 Å². The van der Waals surface area contributed by atoms with Crippen LogP contribution in [0.4, 0.5) is 4.39 Å². The van der Waals surface area contributed by atoms with Crippen molar-refractivity contribution in [1.82, 2.24) is 10.6 Å². The molecule has 0 spiro atoms. The summed E-state index contributed by atoms with van der Waals surface area (Å²) in [4.78, 5) is 12.3. The van der Waals surface area contributed by atoms with E-state index in [-0.39, 0.29) is 23.2 Å². The molecule has 2 saturated heterocycles. The summed E-state index contributed by atoms with van der Waals surface area (Å²) in [6, 6.07) is 6.59. The van der Waals surface area contributed by atoms with E-state index in [2.05, 4.69) is 10.6 Å². The van der Waals surface area contributed by atoms with Gasteiger partial charge in [-0.25, -0.2) is 4.39 Å². The summed E-state index contributed by atoms with van der Waals surface area (Å²) in [7, 11) is 0. The summed E-state index contributed by atoms with van der Waals surface area (Å²) < 4.78 is 18.7. The predicted molar refractivity (Wildman–Crippen MR) is 82.2 cm³/mol. The molecule has 2 aliphatic heterocycles. The molecule has 4 nitrogen and oxygen atoms in total. The number of hydrogen-bond acceptors (Lipinski definition) is 3. The fourth-order valence-corrected chi connectivity index (χ4v) is 3.42. The van der Waals surface area contributed by atoms with Crippen LogP contribution in [0.25, 0.3) is 0 Å². The monoisotopic (exact) mass is 306 g/mol. The lowest BCUT2D eigenvalue weighted by Crippen LogP contribution is -2.48. The minimum atomic E-state index is -0.231. The Bertz CT molecular complexity index is 506. The van der Waals surface area contributed by atoms with E-state index in [1.165, 1.54) is 12.1 Å². The molecule has 2 N–H and O–H groups in total. The van der Waals surface area contributed by atoms with E-state index in [1.807, 2.05) is 12.1 Å². The van der Waals surface area contributed by atoms with E-state index in [4.69, 9.17) is 4.74 Å². The van der Waals surface area contributed by atoms with Gasteiger partial charge in [-0.2, -0.15) is 0 Å². The Morgan fingerprint density at radius 1 is 1.32 bits per heavy atom. The van der Waals surface area contributed by atoms with Crippen molar-refractivity contribution in [3.63, 3.8) is 0 Å². The molecule has 5 heteroatoms. The van der Waals surface area contributed by atoms with Crippen LogP contribution in [0.5, 0.6) is 0 Å². The number of carbonyl (C=O) groups is 1. The molecule has 2 aliphatic rings. The van der Waals surface area contributed by atoms with Gasteiger partial charge in [0.1, 0.15) is 5.82 Å². The quantitative estimate of drug-likeness (QED) is 0.891. The first-order chi connectivity index (χ1) is 10.7. The molecule has 1 unspecified atom stereocenters. The van der Waals surface area contributed by atoms with Crippen molar-refractivity contribution in [2.24, 2.45) is 0 Å². The van der Waals surface area contributed by atoms with E-state index in [9.17, 15) is 9.18 Å². The largest absolute Gasteiger partial charge is 0.381 e. The van der Waals surface area contributed by atoms with Gasteiger partial charge >= 0.3 is 0 Å². The van der Waals surface area contributed by atoms with E-state index in [0.717, 1.165) is 37.8 Å². The maximum atomic E-state index is 13.2. The third-order valence-electron chi connectivity index (χ3n) is 4.88. The summed E-state index contributed by atoms with van der Waals surface area (Å²) in [5, 5.41) is 6.32. The highest BCUT2D eigenvalue weighted by Crippen LogP contribution is 2.34. The standard InChI is InChI=1S/C17H23FN2O2/c18-14-5-3-13(4-6-14)17(7-10-22-11-8-17)12-20-16(21)15-2-1-9-19-15/h3-6,15,19H,1-2,7-12H2,(H,20,21). The van der Waals surface area contributed by atoms with Crippen LogP contribution < -0.4 is 10.6 Å². The van der Waals surface area contributed by atoms with Crippen LogP contribution in [0.3, 0.4) is 0 Å². The summed E-state index contributed by atoms with van der Waals surface area (Å²) in [6.45, 7) is 2.85. The average molecular weight is 306 g/mol. The maximum absolute atomic E-state index is 13.2. The molecule has 22 heavy (non-hydrogen) atoms. The predicted octanol–water partition coefficient (Wildman–Crippen LogP) is 1.74. The molecule has 120 valence electrons. The lowest BCUT2D eigenvalue weighted by atomic mass is 9.74. The molecule has 1 atom stereocenters. The van der Waals surface area contributed by atoms with Crippen molar-refractivity contribution in [2.45, 2.75) is 37.1 Å². The lowest BCUT2D eigenvalue weighted by Gasteiger charge is -2.38. The molecular weight excluding hydrogens is 283 g/mol. The summed E-state index contributed by atoms with van der Waals surface area (Å²) >= 11 is 0. The number of benzene rings is 1. The first-order valence-corrected chi connectivity index (χ1v) is 8.05. The number of ether oxygens (including phenoxy) is 1. The van der Waals surface area contributed by atoms with Crippen molar-refractivity contribution < 1.29 is 13.9 Å². The summed E-state index contributed by atoms with van der Waals surface area (Å²) in [5.41, 5.74) is 0.928. The van der Waals surface area contributed by atoms with Crippen molar-refractivity contribution in [1.29, 1.82) is 0 Å². The van der Waals surface area contributed by atoms with Crippen molar-refractivity contribution in [2.75, 3.05) is 26.3 Å². The Kier molecular flexibility index (Phi) is 4.74. The molecule has 1 amide bonds. The zero-order chi connectivity index (χ0) is 15.4. The summed E-state index contributed by atoms with van der Waals surface area (Å²) in [6.07, 6.45) is 3.64. The molecule has 3 rings (SSSR count). The number of rotatable bonds is 4. The number of nitrogens with one attached hydrogen (secondary N) is 2. The van der Waals surface area contributed by atoms with Crippen molar-refractivity contribution in [3.8, 4) is 0 Å². The average Bonchev–Trinajstić information content (AvgIpc) is 3.09. The number of amides is 1. The van der Waals surface area contributed by atoms with Crippen molar-refractivity contribution in [3.05, 3.63) is 35.6 Å². The molecule has 0 radical (unpaired) electrons. The van der Waals surface area contributed by atoms with E-state index in [0.29, 0.717) is 19.8 Å². The Labute approximate surface area is 130 Å². The van der Waals surface area contributed by atoms with Gasteiger partial charge in [-0.15, -0.1) is 0 Å². The van der Waals surface area contributed by atoms with Gasteiger partial charge in [-0.3, -0.25) is 4.79 Å². The molecule has 1 aromatic carbocycles. The first-order valence-electron chi connectivity index (χ1n) is 8.05. The van der Waals surface area contributed by atoms with E-state index < -0.39 is 0 Å². The van der Waals surface area contributed by atoms with Gasteiger partial charge in [0.05, 0.1) is 6.04 Å². The topological polar surface area (TPSA) is 50.4 Å². The smallest absolute Gasteiger partial charge is 0.237 e. The zero-order valence-electron chi connectivity index (χ0n) is 12.7. The lowest BCUT2D eigenvalue weighted by molar-refractivity contribution is -0.123. The van der Waals surface area contributed by atoms with Crippen LogP contribution >= 0.6 is 0 Å². The maximum Gasteiger partial charge on any atom is 0.237 e. The van der Waals surface area contributed by atoms with Gasteiger partial charge in [-0.1, -0.05) is 12.1 Å². The van der Waals surface area contributed by atoms with Crippen LogP contribution in [-0.4, -0.2) is 38.3 Å². The minimum absolute atomic E-state index is 0.0647. The molecular formula is C17H23FN2O2.